The Morgan fingerprint density at radius 3 is 2.20 bits per heavy atom. The van der Waals surface area contributed by atoms with Crippen molar-refractivity contribution >= 4 is 0 Å². The molecule has 5 N–H and O–H groups in total. The van der Waals surface area contributed by atoms with E-state index in [-0.39, 0.29) is 6.61 Å². The number of hydrogen-bond donors (Lipinski definition) is 4. The van der Waals surface area contributed by atoms with Crippen LogP contribution in [0.2, 0.25) is 0 Å². The maximum atomic E-state index is 9.72. The summed E-state index contributed by atoms with van der Waals surface area (Å²) in [5.41, 5.74) is 6.70. The molecule has 15 heavy (non-hydrogen) atoms. The Labute approximate surface area is 89.0 Å². The molecule has 1 aromatic rings. The third-order valence-corrected chi connectivity index (χ3v) is 2.33. The quantitative estimate of drug-likeness (QED) is 0.549. The standard InChI is InChI=1S/C11H17NO3/c12-6-5-10(14)11(15)9-3-1-8(7-13)2-4-9/h1-4,10-11,13-15H,5-7,12H2. The van der Waals surface area contributed by atoms with E-state index in [1.807, 2.05) is 0 Å². The molecule has 0 saturated heterocycles. The van der Waals surface area contributed by atoms with E-state index in [9.17, 15) is 10.2 Å². The summed E-state index contributed by atoms with van der Waals surface area (Å²) in [7, 11) is 0. The highest BCUT2D eigenvalue weighted by Gasteiger charge is 2.16. The van der Waals surface area contributed by atoms with Gasteiger partial charge in [-0.2, -0.15) is 0 Å². The molecule has 0 saturated carbocycles. The smallest absolute Gasteiger partial charge is 0.105 e. The molecule has 4 heteroatoms. The fourth-order valence-corrected chi connectivity index (χ4v) is 1.37. The molecule has 0 bridgehead atoms. The lowest BCUT2D eigenvalue weighted by Gasteiger charge is -2.17. The van der Waals surface area contributed by atoms with Gasteiger partial charge in [0, 0.05) is 0 Å². The Bertz CT molecular complexity index is 286. The summed E-state index contributed by atoms with van der Waals surface area (Å²) < 4.78 is 0. The fraction of sp³-hybridized carbons (Fsp3) is 0.455. The van der Waals surface area contributed by atoms with Crippen molar-refractivity contribution in [3.63, 3.8) is 0 Å². The van der Waals surface area contributed by atoms with Crippen molar-refractivity contribution in [3.8, 4) is 0 Å². The number of benzene rings is 1. The van der Waals surface area contributed by atoms with Crippen LogP contribution in [-0.4, -0.2) is 28.0 Å². The number of aliphatic hydroxyl groups excluding tert-OH is 3. The molecular formula is C11H17NO3. The lowest BCUT2D eigenvalue weighted by molar-refractivity contribution is 0.0150. The maximum absolute atomic E-state index is 9.72. The highest BCUT2D eigenvalue weighted by Crippen LogP contribution is 2.19. The van der Waals surface area contributed by atoms with Gasteiger partial charge < -0.3 is 21.1 Å². The first-order valence-electron chi connectivity index (χ1n) is 4.95. The predicted molar refractivity (Wildman–Crippen MR) is 57.0 cm³/mol. The van der Waals surface area contributed by atoms with Gasteiger partial charge in [-0.1, -0.05) is 24.3 Å². The topological polar surface area (TPSA) is 86.7 Å². The lowest BCUT2D eigenvalue weighted by Crippen LogP contribution is -2.21. The van der Waals surface area contributed by atoms with Crippen LogP contribution in [-0.2, 0) is 6.61 Å². The first-order chi connectivity index (χ1) is 7.19. The second-order valence-electron chi connectivity index (χ2n) is 3.49. The number of hydrogen-bond acceptors (Lipinski definition) is 4. The predicted octanol–water partition coefficient (Wildman–Crippen LogP) is -0.0780. The molecular weight excluding hydrogens is 194 g/mol. The van der Waals surface area contributed by atoms with Crippen molar-refractivity contribution in [1.82, 2.24) is 0 Å². The molecule has 0 radical (unpaired) electrons. The zero-order valence-corrected chi connectivity index (χ0v) is 8.50. The van der Waals surface area contributed by atoms with Crippen molar-refractivity contribution in [3.05, 3.63) is 35.4 Å². The Morgan fingerprint density at radius 2 is 1.73 bits per heavy atom. The summed E-state index contributed by atoms with van der Waals surface area (Å²) in [6.07, 6.45) is -1.39. The maximum Gasteiger partial charge on any atom is 0.105 e. The van der Waals surface area contributed by atoms with Crippen LogP contribution in [0.15, 0.2) is 24.3 Å². The summed E-state index contributed by atoms with van der Waals surface area (Å²) in [4.78, 5) is 0. The van der Waals surface area contributed by atoms with Crippen LogP contribution in [0, 0.1) is 0 Å². The summed E-state index contributed by atoms with van der Waals surface area (Å²) >= 11 is 0. The second-order valence-corrected chi connectivity index (χ2v) is 3.49. The van der Waals surface area contributed by atoms with E-state index in [4.69, 9.17) is 10.8 Å². The van der Waals surface area contributed by atoms with Crippen molar-refractivity contribution in [2.75, 3.05) is 6.54 Å². The molecule has 0 aliphatic carbocycles. The van der Waals surface area contributed by atoms with Crippen LogP contribution in [0.5, 0.6) is 0 Å². The van der Waals surface area contributed by atoms with E-state index in [0.29, 0.717) is 18.5 Å². The van der Waals surface area contributed by atoms with Gasteiger partial charge in [-0.25, -0.2) is 0 Å². The fourth-order valence-electron chi connectivity index (χ4n) is 1.37. The summed E-state index contributed by atoms with van der Waals surface area (Å²) in [5.74, 6) is 0. The van der Waals surface area contributed by atoms with Gasteiger partial charge in [0.05, 0.1) is 12.7 Å². The van der Waals surface area contributed by atoms with Gasteiger partial charge in [-0.3, -0.25) is 0 Å². The average molecular weight is 211 g/mol. The average Bonchev–Trinajstić information content (AvgIpc) is 2.28. The Balaban J connectivity index is 2.69. The molecule has 0 amide bonds. The first kappa shape index (κ1) is 12.1. The normalized spacial score (nSPS) is 14.9. The highest BCUT2D eigenvalue weighted by molar-refractivity contribution is 5.24. The zero-order chi connectivity index (χ0) is 11.3. The minimum absolute atomic E-state index is 0.0261. The van der Waals surface area contributed by atoms with E-state index < -0.39 is 12.2 Å². The molecule has 0 aliphatic heterocycles. The third kappa shape index (κ3) is 3.28. The van der Waals surface area contributed by atoms with Gasteiger partial charge in [0.25, 0.3) is 0 Å². The Kier molecular flexibility index (Phi) is 4.71. The molecule has 0 fully saturated rings. The van der Waals surface area contributed by atoms with Crippen LogP contribution in [0.25, 0.3) is 0 Å². The van der Waals surface area contributed by atoms with E-state index in [1.165, 1.54) is 0 Å². The highest BCUT2D eigenvalue weighted by atomic mass is 16.3. The molecule has 2 atom stereocenters. The van der Waals surface area contributed by atoms with Crippen LogP contribution in [0.3, 0.4) is 0 Å². The Morgan fingerprint density at radius 1 is 1.13 bits per heavy atom. The number of aliphatic hydroxyl groups is 3. The summed E-state index contributed by atoms with van der Waals surface area (Å²) in [5, 5.41) is 28.1. The van der Waals surface area contributed by atoms with E-state index in [1.54, 1.807) is 24.3 Å². The molecule has 1 aromatic carbocycles. The molecule has 0 aromatic heterocycles. The van der Waals surface area contributed by atoms with Crippen molar-refractivity contribution < 1.29 is 15.3 Å². The summed E-state index contributed by atoms with van der Waals surface area (Å²) in [6.45, 7) is 0.314. The van der Waals surface area contributed by atoms with Crippen molar-refractivity contribution in [1.29, 1.82) is 0 Å². The minimum Gasteiger partial charge on any atom is -0.392 e. The van der Waals surface area contributed by atoms with Crippen molar-refractivity contribution in [2.45, 2.75) is 25.2 Å². The van der Waals surface area contributed by atoms with E-state index >= 15 is 0 Å². The third-order valence-electron chi connectivity index (χ3n) is 2.33. The van der Waals surface area contributed by atoms with Crippen molar-refractivity contribution in [2.24, 2.45) is 5.73 Å². The summed E-state index contributed by atoms with van der Waals surface area (Å²) in [6, 6.07) is 6.81. The lowest BCUT2D eigenvalue weighted by atomic mass is 10.0. The largest absolute Gasteiger partial charge is 0.392 e. The van der Waals surface area contributed by atoms with Gasteiger partial charge in [0.1, 0.15) is 6.10 Å². The monoisotopic (exact) mass is 211 g/mol. The van der Waals surface area contributed by atoms with Crippen LogP contribution in [0.4, 0.5) is 0 Å². The van der Waals surface area contributed by atoms with Gasteiger partial charge >= 0.3 is 0 Å². The molecule has 4 nitrogen and oxygen atoms in total. The minimum atomic E-state index is -0.915. The van der Waals surface area contributed by atoms with E-state index in [0.717, 1.165) is 5.56 Å². The van der Waals surface area contributed by atoms with Crippen LogP contribution >= 0.6 is 0 Å². The number of rotatable bonds is 5. The van der Waals surface area contributed by atoms with Gasteiger partial charge in [0.2, 0.25) is 0 Å². The second kappa shape index (κ2) is 5.82. The van der Waals surface area contributed by atoms with Crippen LogP contribution in [0.1, 0.15) is 23.7 Å². The number of nitrogens with two attached hydrogens (primary N) is 1. The molecule has 0 spiro atoms. The van der Waals surface area contributed by atoms with E-state index in [2.05, 4.69) is 0 Å². The van der Waals surface area contributed by atoms with Gasteiger partial charge in [-0.05, 0) is 24.1 Å². The molecule has 0 aliphatic rings. The first-order valence-corrected chi connectivity index (χ1v) is 4.95. The van der Waals surface area contributed by atoms with Crippen LogP contribution < -0.4 is 5.73 Å². The van der Waals surface area contributed by atoms with Gasteiger partial charge in [0.15, 0.2) is 0 Å². The Hall–Kier alpha value is -0.940. The SMILES string of the molecule is NCCC(O)C(O)c1ccc(CO)cc1. The molecule has 2 unspecified atom stereocenters. The molecule has 84 valence electrons. The molecule has 0 heterocycles. The zero-order valence-electron chi connectivity index (χ0n) is 8.50. The molecule has 1 rings (SSSR count). The van der Waals surface area contributed by atoms with Gasteiger partial charge in [-0.15, -0.1) is 0 Å².